The third-order valence-electron chi connectivity index (χ3n) is 1.58. The van der Waals surface area contributed by atoms with Crippen LogP contribution in [0.3, 0.4) is 0 Å². The average molecular weight is 236 g/mol. The van der Waals surface area contributed by atoms with E-state index < -0.39 is 11.5 Å². The predicted molar refractivity (Wildman–Crippen MR) is 50.8 cm³/mol. The van der Waals surface area contributed by atoms with Gasteiger partial charge in [0.2, 0.25) is 0 Å². The van der Waals surface area contributed by atoms with Gasteiger partial charge < -0.3 is 5.11 Å². The molecule has 0 radical (unpaired) electrons. The molecule has 0 aliphatic rings. The van der Waals surface area contributed by atoms with Crippen LogP contribution in [-0.2, 0) is 5.75 Å². The number of alkyl halides is 3. The van der Waals surface area contributed by atoms with Gasteiger partial charge in [-0.1, -0.05) is 12.1 Å². The van der Waals surface area contributed by atoms with Gasteiger partial charge in [0.25, 0.3) is 0 Å². The highest BCUT2D eigenvalue weighted by molar-refractivity contribution is 7.99. The molecule has 1 N–H and O–H groups in total. The van der Waals surface area contributed by atoms with Gasteiger partial charge in [0, 0.05) is 5.75 Å². The molecule has 0 saturated carbocycles. The summed E-state index contributed by atoms with van der Waals surface area (Å²) in [6, 6.07) is 5.46. The van der Waals surface area contributed by atoms with Gasteiger partial charge in [-0.05, 0) is 29.5 Å². The Kier molecular flexibility index (Phi) is 3.62. The molecule has 82 valence electrons. The zero-order valence-electron chi connectivity index (χ0n) is 7.41. The molecule has 0 aliphatic carbocycles. The lowest BCUT2D eigenvalue weighted by Crippen LogP contribution is -2.01. The van der Waals surface area contributed by atoms with E-state index in [0.29, 0.717) is 5.56 Å². The molecule has 1 aromatic rings. The minimum absolute atomic E-state index is 0.00438. The van der Waals surface area contributed by atoms with E-state index in [0.717, 1.165) is 0 Å². The molecule has 1 rings (SSSR count). The molecule has 0 saturated heterocycles. The fraction of sp³-hybridized carbons (Fsp3) is 0.222. The van der Waals surface area contributed by atoms with Crippen molar-refractivity contribution < 1.29 is 23.1 Å². The van der Waals surface area contributed by atoms with Crippen molar-refractivity contribution in [1.29, 1.82) is 0 Å². The van der Waals surface area contributed by atoms with Crippen LogP contribution in [-0.4, -0.2) is 16.6 Å². The van der Waals surface area contributed by atoms with E-state index in [1.807, 2.05) is 0 Å². The zero-order valence-corrected chi connectivity index (χ0v) is 8.23. The summed E-state index contributed by atoms with van der Waals surface area (Å²) < 4.78 is 35.5. The number of carboxylic acids is 1. The summed E-state index contributed by atoms with van der Waals surface area (Å²) in [5, 5.41) is 8.61. The second-order valence-corrected chi connectivity index (χ2v) is 3.78. The summed E-state index contributed by atoms with van der Waals surface area (Å²) in [5.41, 5.74) is -3.95. The van der Waals surface area contributed by atoms with Crippen molar-refractivity contribution in [3.05, 3.63) is 35.4 Å². The zero-order chi connectivity index (χ0) is 11.5. The number of hydrogen-bond acceptors (Lipinski definition) is 2. The molecule has 0 spiro atoms. The van der Waals surface area contributed by atoms with Crippen LogP contribution in [0.5, 0.6) is 0 Å². The van der Waals surface area contributed by atoms with Gasteiger partial charge in [-0.2, -0.15) is 13.2 Å². The van der Waals surface area contributed by atoms with Crippen molar-refractivity contribution >= 4 is 17.7 Å². The third kappa shape index (κ3) is 4.24. The topological polar surface area (TPSA) is 37.3 Å². The number of carboxylic acid groups (broad SMARTS) is 1. The molecule has 0 fully saturated rings. The van der Waals surface area contributed by atoms with Crippen molar-refractivity contribution in [3.63, 3.8) is 0 Å². The normalized spacial score (nSPS) is 11.4. The maximum Gasteiger partial charge on any atom is 0.442 e. The van der Waals surface area contributed by atoms with Crippen LogP contribution in [0, 0.1) is 0 Å². The quantitative estimate of drug-likeness (QED) is 0.876. The van der Waals surface area contributed by atoms with Crippen LogP contribution in [0.4, 0.5) is 13.2 Å². The van der Waals surface area contributed by atoms with Crippen molar-refractivity contribution in [2.75, 3.05) is 0 Å². The smallest absolute Gasteiger partial charge is 0.442 e. The first-order valence-electron chi connectivity index (χ1n) is 3.91. The highest BCUT2D eigenvalue weighted by Crippen LogP contribution is 2.32. The minimum Gasteiger partial charge on any atom is -0.478 e. The molecule has 6 heteroatoms. The lowest BCUT2D eigenvalue weighted by atomic mass is 10.1. The highest BCUT2D eigenvalue weighted by atomic mass is 32.2. The maximum absolute atomic E-state index is 11.8. The first-order valence-corrected chi connectivity index (χ1v) is 4.90. The van der Waals surface area contributed by atoms with Gasteiger partial charge in [-0.15, -0.1) is 0 Å². The number of carbonyl (C=O) groups is 1. The summed E-state index contributed by atoms with van der Waals surface area (Å²) in [5.74, 6) is -1.42. The number of benzene rings is 1. The van der Waals surface area contributed by atoms with Crippen molar-refractivity contribution in [2.45, 2.75) is 11.3 Å². The number of aromatic carboxylic acids is 1. The molecular weight excluding hydrogens is 229 g/mol. The van der Waals surface area contributed by atoms with Crippen LogP contribution in [0.1, 0.15) is 15.9 Å². The van der Waals surface area contributed by atoms with E-state index >= 15 is 0 Å². The van der Waals surface area contributed by atoms with E-state index in [1.165, 1.54) is 24.3 Å². The summed E-state index contributed by atoms with van der Waals surface area (Å²) in [6.07, 6.45) is 0. The Balaban J connectivity index is 2.70. The standard InChI is InChI=1S/C9H7F3O2S/c10-9(11,12)15-5-6-2-1-3-7(4-6)8(13)14/h1-4H,5H2,(H,13,14). The van der Waals surface area contributed by atoms with Crippen LogP contribution >= 0.6 is 11.8 Å². The predicted octanol–water partition coefficient (Wildman–Crippen LogP) is 3.14. The van der Waals surface area contributed by atoms with Gasteiger partial charge in [0.05, 0.1) is 5.56 Å². The Morgan fingerprint density at radius 1 is 1.40 bits per heavy atom. The Morgan fingerprint density at radius 3 is 2.60 bits per heavy atom. The lowest BCUT2D eigenvalue weighted by Gasteiger charge is -2.05. The molecule has 2 nitrogen and oxygen atoms in total. The van der Waals surface area contributed by atoms with Crippen LogP contribution < -0.4 is 0 Å². The third-order valence-corrected chi connectivity index (χ3v) is 2.38. The van der Waals surface area contributed by atoms with Crippen LogP contribution in [0.2, 0.25) is 0 Å². The van der Waals surface area contributed by atoms with Crippen LogP contribution in [0.15, 0.2) is 24.3 Å². The molecule has 0 unspecified atom stereocenters. The van der Waals surface area contributed by atoms with E-state index in [1.54, 1.807) is 0 Å². The van der Waals surface area contributed by atoms with Gasteiger partial charge >= 0.3 is 11.5 Å². The minimum atomic E-state index is -4.29. The molecule has 0 heterocycles. The lowest BCUT2D eigenvalue weighted by molar-refractivity contribution is -0.0329. The molecular formula is C9H7F3O2S. The fourth-order valence-corrected chi connectivity index (χ4v) is 1.47. The number of rotatable bonds is 3. The highest BCUT2D eigenvalue weighted by Gasteiger charge is 2.27. The summed E-state index contributed by atoms with van der Waals surface area (Å²) in [7, 11) is 0. The second-order valence-electron chi connectivity index (χ2n) is 2.74. The second kappa shape index (κ2) is 4.57. The van der Waals surface area contributed by atoms with Gasteiger partial charge in [0.15, 0.2) is 0 Å². The molecule has 1 aromatic carbocycles. The van der Waals surface area contributed by atoms with Crippen molar-refractivity contribution in [3.8, 4) is 0 Å². The van der Waals surface area contributed by atoms with Crippen molar-refractivity contribution in [1.82, 2.24) is 0 Å². The average Bonchev–Trinajstić information content (AvgIpc) is 2.14. The maximum atomic E-state index is 11.8. The van der Waals surface area contributed by atoms with E-state index in [4.69, 9.17) is 5.11 Å². The van der Waals surface area contributed by atoms with E-state index in [-0.39, 0.29) is 23.1 Å². The molecule has 0 amide bonds. The number of halogens is 3. The van der Waals surface area contributed by atoms with Crippen LogP contribution in [0.25, 0.3) is 0 Å². The molecule has 0 bridgehead atoms. The molecule has 0 aromatic heterocycles. The Labute approximate surface area is 88.1 Å². The SMILES string of the molecule is O=C(O)c1cccc(CSC(F)(F)F)c1. The van der Waals surface area contributed by atoms with Crippen molar-refractivity contribution in [2.24, 2.45) is 0 Å². The number of hydrogen-bond donors (Lipinski definition) is 1. The summed E-state index contributed by atoms with van der Waals surface area (Å²) in [6.45, 7) is 0. The van der Waals surface area contributed by atoms with E-state index in [9.17, 15) is 18.0 Å². The first-order chi connectivity index (χ1) is 6.88. The molecule has 0 aliphatic heterocycles. The molecule has 0 atom stereocenters. The Hall–Kier alpha value is -1.17. The monoisotopic (exact) mass is 236 g/mol. The summed E-state index contributed by atoms with van der Waals surface area (Å²) >= 11 is -0.186. The molecule has 15 heavy (non-hydrogen) atoms. The van der Waals surface area contributed by atoms with Gasteiger partial charge in [-0.3, -0.25) is 0 Å². The number of thioether (sulfide) groups is 1. The van der Waals surface area contributed by atoms with Gasteiger partial charge in [-0.25, -0.2) is 4.79 Å². The van der Waals surface area contributed by atoms with E-state index in [2.05, 4.69) is 0 Å². The fourth-order valence-electron chi connectivity index (χ4n) is 0.959. The Bertz CT molecular complexity index is 363. The Morgan fingerprint density at radius 2 is 2.07 bits per heavy atom. The van der Waals surface area contributed by atoms with Gasteiger partial charge in [0.1, 0.15) is 0 Å². The first kappa shape index (κ1) is 11.9. The summed E-state index contributed by atoms with van der Waals surface area (Å²) in [4.78, 5) is 10.5. The largest absolute Gasteiger partial charge is 0.478 e.